The van der Waals surface area contributed by atoms with Gasteiger partial charge in [0, 0.05) is 6.42 Å². The van der Waals surface area contributed by atoms with Crippen LogP contribution in [-0.2, 0) is 14.3 Å². The van der Waals surface area contributed by atoms with E-state index in [-0.39, 0.29) is 12.5 Å². The van der Waals surface area contributed by atoms with E-state index in [1.807, 2.05) is 6.92 Å². The van der Waals surface area contributed by atoms with Gasteiger partial charge in [0.1, 0.15) is 12.2 Å². The SMILES string of the molecule is CC1(OCC(=O)O)CN(C(=O)CC2CC2)C1. The minimum atomic E-state index is -0.969. The number of hydrogen-bond donors (Lipinski definition) is 1. The number of rotatable bonds is 5. The lowest BCUT2D eigenvalue weighted by Gasteiger charge is -2.47. The van der Waals surface area contributed by atoms with Gasteiger partial charge in [-0.2, -0.15) is 0 Å². The van der Waals surface area contributed by atoms with Gasteiger partial charge in [-0.1, -0.05) is 0 Å². The molecule has 0 spiro atoms. The Labute approximate surface area is 94.4 Å². The quantitative estimate of drug-likeness (QED) is 0.742. The zero-order chi connectivity index (χ0) is 11.8. The first-order valence-electron chi connectivity index (χ1n) is 5.62. The van der Waals surface area contributed by atoms with Crippen LogP contribution in [0, 0.1) is 5.92 Å². The number of ether oxygens (including phenoxy) is 1. The van der Waals surface area contributed by atoms with Crippen molar-refractivity contribution in [3.05, 3.63) is 0 Å². The summed E-state index contributed by atoms with van der Waals surface area (Å²) in [5.74, 6) is -0.192. The van der Waals surface area contributed by atoms with Crippen molar-refractivity contribution in [2.75, 3.05) is 19.7 Å². The summed E-state index contributed by atoms with van der Waals surface area (Å²) in [6.07, 6.45) is 2.99. The molecular formula is C11H17NO4. The Morgan fingerprint density at radius 1 is 1.44 bits per heavy atom. The van der Waals surface area contributed by atoms with Crippen LogP contribution >= 0.6 is 0 Å². The highest BCUT2D eigenvalue weighted by Gasteiger charge is 2.43. The Bertz CT molecular complexity index is 305. The molecule has 5 nitrogen and oxygen atoms in total. The molecule has 1 saturated heterocycles. The molecular weight excluding hydrogens is 210 g/mol. The van der Waals surface area contributed by atoms with Gasteiger partial charge in [0.05, 0.1) is 13.1 Å². The van der Waals surface area contributed by atoms with Gasteiger partial charge in [-0.3, -0.25) is 4.79 Å². The third-order valence-corrected chi connectivity index (χ3v) is 3.11. The van der Waals surface area contributed by atoms with Crippen LogP contribution in [0.5, 0.6) is 0 Å². The molecule has 0 bridgehead atoms. The molecule has 1 heterocycles. The van der Waals surface area contributed by atoms with Crippen LogP contribution in [0.4, 0.5) is 0 Å². The summed E-state index contributed by atoms with van der Waals surface area (Å²) < 4.78 is 5.23. The van der Waals surface area contributed by atoms with Gasteiger partial charge in [0.25, 0.3) is 0 Å². The molecule has 0 atom stereocenters. The zero-order valence-corrected chi connectivity index (χ0v) is 9.44. The Morgan fingerprint density at radius 3 is 2.56 bits per heavy atom. The van der Waals surface area contributed by atoms with Crippen LogP contribution in [0.2, 0.25) is 0 Å². The van der Waals surface area contributed by atoms with Gasteiger partial charge in [-0.05, 0) is 25.7 Å². The molecule has 2 aliphatic rings. The number of aliphatic carboxylic acids is 1. The van der Waals surface area contributed by atoms with E-state index in [1.54, 1.807) is 4.90 Å². The Balaban J connectivity index is 1.70. The molecule has 1 amide bonds. The van der Waals surface area contributed by atoms with Crippen LogP contribution in [0.25, 0.3) is 0 Å². The number of carboxylic acids is 1. The van der Waals surface area contributed by atoms with Crippen molar-refractivity contribution >= 4 is 11.9 Å². The highest BCUT2D eigenvalue weighted by molar-refractivity contribution is 5.78. The number of nitrogens with zero attached hydrogens (tertiary/aromatic N) is 1. The number of amides is 1. The number of carbonyl (C=O) groups is 2. The second-order valence-electron chi connectivity index (χ2n) is 5.03. The molecule has 1 saturated carbocycles. The average molecular weight is 227 g/mol. The number of hydrogen-bond acceptors (Lipinski definition) is 3. The Kier molecular flexibility index (Phi) is 2.88. The monoisotopic (exact) mass is 227 g/mol. The molecule has 2 fully saturated rings. The van der Waals surface area contributed by atoms with Gasteiger partial charge < -0.3 is 14.7 Å². The molecule has 0 aromatic heterocycles. The van der Waals surface area contributed by atoms with Crippen molar-refractivity contribution in [3.63, 3.8) is 0 Å². The molecule has 0 aromatic rings. The molecule has 16 heavy (non-hydrogen) atoms. The van der Waals surface area contributed by atoms with Crippen LogP contribution in [0.3, 0.4) is 0 Å². The van der Waals surface area contributed by atoms with E-state index in [0.29, 0.717) is 25.4 Å². The molecule has 0 radical (unpaired) electrons. The third kappa shape index (κ3) is 2.72. The predicted molar refractivity (Wildman–Crippen MR) is 55.9 cm³/mol. The lowest BCUT2D eigenvalue weighted by atomic mass is 9.95. The van der Waals surface area contributed by atoms with E-state index >= 15 is 0 Å². The Hall–Kier alpha value is -1.10. The number of likely N-dealkylation sites (tertiary alicyclic amines) is 1. The van der Waals surface area contributed by atoms with Gasteiger partial charge in [-0.15, -0.1) is 0 Å². The van der Waals surface area contributed by atoms with Crippen molar-refractivity contribution in [2.24, 2.45) is 5.92 Å². The van der Waals surface area contributed by atoms with Crippen molar-refractivity contribution in [1.82, 2.24) is 4.90 Å². The second kappa shape index (κ2) is 4.05. The highest BCUT2D eigenvalue weighted by Crippen LogP contribution is 2.34. The van der Waals surface area contributed by atoms with Crippen molar-refractivity contribution in [1.29, 1.82) is 0 Å². The third-order valence-electron chi connectivity index (χ3n) is 3.11. The average Bonchev–Trinajstić information content (AvgIpc) is 2.94. The molecule has 1 N–H and O–H groups in total. The molecule has 90 valence electrons. The standard InChI is InChI=1S/C11H17NO4/c1-11(16-5-10(14)15)6-12(7-11)9(13)4-8-2-3-8/h8H,2-7H2,1H3,(H,14,15). The van der Waals surface area contributed by atoms with Gasteiger partial charge in [0.2, 0.25) is 5.91 Å². The zero-order valence-electron chi connectivity index (χ0n) is 9.44. The first-order chi connectivity index (χ1) is 7.48. The molecule has 5 heteroatoms. The fourth-order valence-electron chi connectivity index (χ4n) is 1.96. The van der Waals surface area contributed by atoms with Gasteiger partial charge >= 0.3 is 5.97 Å². The van der Waals surface area contributed by atoms with Crippen molar-refractivity contribution < 1.29 is 19.4 Å². The first-order valence-corrected chi connectivity index (χ1v) is 5.62. The van der Waals surface area contributed by atoms with E-state index in [9.17, 15) is 9.59 Å². The lowest BCUT2D eigenvalue weighted by Crippen LogP contribution is -2.63. The van der Waals surface area contributed by atoms with E-state index in [2.05, 4.69) is 0 Å². The summed E-state index contributed by atoms with van der Waals surface area (Å²) in [5, 5.41) is 8.49. The topological polar surface area (TPSA) is 66.8 Å². The smallest absolute Gasteiger partial charge is 0.329 e. The van der Waals surface area contributed by atoms with Crippen LogP contribution < -0.4 is 0 Å². The fraction of sp³-hybridized carbons (Fsp3) is 0.818. The van der Waals surface area contributed by atoms with Crippen molar-refractivity contribution in [3.8, 4) is 0 Å². The highest BCUT2D eigenvalue weighted by atomic mass is 16.5. The van der Waals surface area contributed by atoms with Gasteiger partial charge in [0.15, 0.2) is 0 Å². The molecule has 2 rings (SSSR count). The molecule has 0 unspecified atom stereocenters. The normalized spacial score (nSPS) is 22.7. The summed E-state index contributed by atoms with van der Waals surface area (Å²) in [5.41, 5.74) is -0.461. The summed E-state index contributed by atoms with van der Waals surface area (Å²) in [6.45, 7) is 2.59. The maximum absolute atomic E-state index is 11.7. The predicted octanol–water partition coefficient (Wildman–Crippen LogP) is 0.489. The van der Waals surface area contributed by atoms with Crippen LogP contribution in [-0.4, -0.2) is 47.2 Å². The summed E-state index contributed by atoms with van der Waals surface area (Å²) in [6, 6.07) is 0. The lowest BCUT2D eigenvalue weighted by molar-refractivity contribution is -0.173. The molecule has 0 aromatic carbocycles. The summed E-state index contributed by atoms with van der Waals surface area (Å²) in [4.78, 5) is 23.8. The molecule has 1 aliphatic heterocycles. The largest absolute Gasteiger partial charge is 0.480 e. The fourth-order valence-corrected chi connectivity index (χ4v) is 1.96. The number of carboxylic acid groups (broad SMARTS) is 1. The summed E-state index contributed by atoms with van der Waals surface area (Å²) >= 11 is 0. The molecule has 1 aliphatic carbocycles. The first kappa shape index (κ1) is 11.4. The second-order valence-corrected chi connectivity index (χ2v) is 5.03. The van der Waals surface area contributed by atoms with Crippen LogP contribution in [0.1, 0.15) is 26.2 Å². The van der Waals surface area contributed by atoms with E-state index < -0.39 is 11.6 Å². The van der Waals surface area contributed by atoms with Gasteiger partial charge in [-0.25, -0.2) is 4.79 Å². The van der Waals surface area contributed by atoms with Crippen molar-refractivity contribution in [2.45, 2.75) is 31.8 Å². The summed E-state index contributed by atoms with van der Waals surface area (Å²) in [7, 11) is 0. The minimum Gasteiger partial charge on any atom is -0.480 e. The maximum Gasteiger partial charge on any atom is 0.329 e. The van der Waals surface area contributed by atoms with E-state index in [1.165, 1.54) is 12.8 Å². The Morgan fingerprint density at radius 2 is 2.06 bits per heavy atom. The number of carbonyl (C=O) groups excluding carboxylic acids is 1. The maximum atomic E-state index is 11.7. The van der Waals surface area contributed by atoms with Crippen LogP contribution in [0.15, 0.2) is 0 Å². The minimum absolute atomic E-state index is 0.180. The van der Waals surface area contributed by atoms with E-state index in [4.69, 9.17) is 9.84 Å². The van der Waals surface area contributed by atoms with E-state index in [0.717, 1.165) is 0 Å².